The van der Waals surface area contributed by atoms with Crippen LogP contribution in [0.25, 0.3) is 0 Å². The summed E-state index contributed by atoms with van der Waals surface area (Å²) in [6.45, 7) is 0. The Hall–Kier alpha value is -1.02. The Morgan fingerprint density at radius 2 is 1.75 bits per heavy atom. The van der Waals surface area contributed by atoms with Crippen molar-refractivity contribution in [1.29, 1.82) is 0 Å². The molecule has 0 amide bonds. The van der Waals surface area contributed by atoms with Crippen LogP contribution in [-0.4, -0.2) is 36.9 Å². The fourth-order valence-corrected chi connectivity index (χ4v) is 0.900. The molecule has 0 bridgehead atoms. The van der Waals surface area contributed by atoms with Gasteiger partial charge in [0.1, 0.15) is 0 Å². The predicted molar refractivity (Wildman–Crippen MR) is 59.3 cm³/mol. The summed E-state index contributed by atoms with van der Waals surface area (Å²) in [5.41, 5.74) is 0.799. The summed E-state index contributed by atoms with van der Waals surface area (Å²) in [5.74, 6) is 0. The zero-order chi connectivity index (χ0) is 11.5. The van der Waals surface area contributed by atoms with Gasteiger partial charge in [-0.3, -0.25) is 14.6 Å². The van der Waals surface area contributed by atoms with Crippen LogP contribution in [0, 0.1) is 10.1 Å². The SMILES string of the molecule is C[N+](C)(C)C=Nc1ccc([N+](=O)[O-])cc1.[I-]. The molecular weight excluding hydrogens is 321 g/mol. The van der Waals surface area contributed by atoms with Crippen molar-refractivity contribution in [1.82, 2.24) is 0 Å². The van der Waals surface area contributed by atoms with Gasteiger partial charge in [0.25, 0.3) is 5.69 Å². The molecule has 0 radical (unpaired) electrons. The summed E-state index contributed by atoms with van der Waals surface area (Å²) >= 11 is 0. The Kier molecular flexibility index (Phi) is 5.52. The van der Waals surface area contributed by atoms with Crippen molar-refractivity contribution in [3.8, 4) is 0 Å². The van der Waals surface area contributed by atoms with Crippen LogP contribution in [0.3, 0.4) is 0 Å². The lowest BCUT2D eigenvalue weighted by molar-refractivity contribution is -0.769. The molecule has 5 nitrogen and oxygen atoms in total. The van der Waals surface area contributed by atoms with Gasteiger partial charge >= 0.3 is 0 Å². The molecule has 0 saturated heterocycles. The highest BCUT2D eigenvalue weighted by Gasteiger charge is 2.04. The van der Waals surface area contributed by atoms with E-state index in [0.29, 0.717) is 10.2 Å². The van der Waals surface area contributed by atoms with Gasteiger partial charge in [-0.2, -0.15) is 0 Å². The van der Waals surface area contributed by atoms with E-state index < -0.39 is 4.92 Å². The normalized spacial score (nSPS) is 11.2. The van der Waals surface area contributed by atoms with E-state index in [0.717, 1.165) is 0 Å². The third-order valence-electron chi connectivity index (χ3n) is 1.61. The first-order valence-corrected chi connectivity index (χ1v) is 4.49. The Labute approximate surface area is 112 Å². The van der Waals surface area contributed by atoms with E-state index in [4.69, 9.17) is 0 Å². The van der Waals surface area contributed by atoms with Crippen LogP contribution >= 0.6 is 0 Å². The van der Waals surface area contributed by atoms with Crippen molar-refractivity contribution in [3.63, 3.8) is 0 Å². The number of non-ortho nitro benzene ring substituents is 1. The van der Waals surface area contributed by atoms with Crippen molar-refractivity contribution < 1.29 is 33.4 Å². The first-order chi connectivity index (χ1) is 6.88. The third-order valence-corrected chi connectivity index (χ3v) is 1.61. The maximum Gasteiger partial charge on any atom is 0.269 e. The average Bonchev–Trinajstić information content (AvgIpc) is 2.14. The molecule has 0 saturated carbocycles. The highest BCUT2D eigenvalue weighted by Crippen LogP contribution is 2.17. The topological polar surface area (TPSA) is 55.5 Å². The van der Waals surface area contributed by atoms with E-state index in [1.54, 1.807) is 18.5 Å². The maximum atomic E-state index is 10.4. The summed E-state index contributed by atoms with van der Waals surface area (Å²) in [6.07, 6.45) is 1.77. The monoisotopic (exact) mass is 335 g/mol. The van der Waals surface area contributed by atoms with Crippen LogP contribution in [0.1, 0.15) is 0 Å². The van der Waals surface area contributed by atoms with Gasteiger partial charge in [-0.1, -0.05) is 0 Å². The lowest BCUT2D eigenvalue weighted by Gasteiger charge is -2.15. The largest absolute Gasteiger partial charge is 1.00 e. The maximum absolute atomic E-state index is 10.4. The van der Waals surface area contributed by atoms with Gasteiger partial charge in [0.2, 0.25) is 0 Å². The number of nitro benzene ring substituents is 1. The van der Waals surface area contributed by atoms with Crippen molar-refractivity contribution in [2.45, 2.75) is 0 Å². The second-order valence-corrected chi connectivity index (χ2v) is 4.13. The van der Waals surface area contributed by atoms with Crippen molar-refractivity contribution >= 4 is 17.7 Å². The van der Waals surface area contributed by atoms with Crippen LogP contribution < -0.4 is 24.0 Å². The number of nitrogens with zero attached hydrogens (tertiary/aromatic N) is 3. The lowest BCUT2D eigenvalue weighted by Crippen LogP contribution is -3.00. The average molecular weight is 335 g/mol. The fourth-order valence-electron chi connectivity index (χ4n) is 0.900. The van der Waals surface area contributed by atoms with Gasteiger partial charge in [0.05, 0.1) is 31.8 Å². The van der Waals surface area contributed by atoms with Crippen LogP contribution in [-0.2, 0) is 0 Å². The molecule has 1 aromatic rings. The number of benzene rings is 1. The van der Waals surface area contributed by atoms with E-state index in [-0.39, 0.29) is 29.7 Å². The van der Waals surface area contributed by atoms with Gasteiger partial charge < -0.3 is 24.0 Å². The Morgan fingerprint density at radius 3 is 2.12 bits per heavy atom. The quantitative estimate of drug-likeness (QED) is 0.177. The summed E-state index contributed by atoms with van der Waals surface area (Å²) in [4.78, 5) is 14.2. The number of nitro groups is 1. The molecule has 1 aromatic carbocycles. The van der Waals surface area contributed by atoms with E-state index >= 15 is 0 Å². The molecule has 0 unspecified atom stereocenters. The predicted octanol–water partition coefficient (Wildman–Crippen LogP) is -1.04. The van der Waals surface area contributed by atoms with Gasteiger partial charge in [-0.15, -0.1) is 0 Å². The van der Waals surface area contributed by atoms with Crippen molar-refractivity contribution in [2.75, 3.05) is 21.1 Å². The Bertz CT molecular complexity index is 382. The standard InChI is InChI=1S/C10H14N3O2.HI/c1-13(2,3)8-11-9-4-6-10(7-5-9)12(14)15;/h4-8H,1-3H3;1H/q+1;/p-1. The molecular formula is C10H14IN3O2. The molecule has 0 aliphatic heterocycles. The van der Waals surface area contributed by atoms with Gasteiger partial charge in [-0.05, 0) is 12.1 Å². The Morgan fingerprint density at radius 1 is 1.25 bits per heavy atom. The van der Waals surface area contributed by atoms with Crippen LogP contribution in [0.15, 0.2) is 29.3 Å². The minimum atomic E-state index is -0.423. The third kappa shape index (κ3) is 5.17. The molecule has 0 spiro atoms. The van der Waals surface area contributed by atoms with E-state index in [2.05, 4.69) is 4.99 Å². The van der Waals surface area contributed by atoms with Gasteiger partial charge in [0.15, 0.2) is 6.34 Å². The smallest absolute Gasteiger partial charge is 0.269 e. The molecule has 0 atom stereocenters. The molecule has 0 aromatic heterocycles. The van der Waals surface area contributed by atoms with E-state index in [1.165, 1.54) is 12.1 Å². The van der Waals surface area contributed by atoms with Crippen LogP contribution in [0.5, 0.6) is 0 Å². The fraction of sp³-hybridized carbons (Fsp3) is 0.300. The zero-order valence-corrected chi connectivity index (χ0v) is 11.6. The molecule has 0 aliphatic rings. The minimum absolute atomic E-state index is 0. The van der Waals surface area contributed by atoms with E-state index in [1.807, 2.05) is 21.1 Å². The summed E-state index contributed by atoms with van der Waals surface area (Å²) in [6, 6.07) is 6.15. The summed E-state index contributed by atoms with van der Waals surface area (Å²) in [7, 11) is 5.94. The number of halogens is 1. The van der Waals surface area contributed by atoms with Crippen LogP contribution in [0.2, 0.25) is 0 Å². The second-order valence-electron chi connectivity index (χ2n) is 4.13. The Balaban J connectivity index is 0.00000225. The minimum Gasteiger partial charge on any atom is -1.00 e. The number of rotatable bonds is 3. The molecule has 0 N–H and O–H groups in total. The molecule has 0 aliphatic carbocycles. The van der Waals surface area contributed by atoms with Crippen LogP contribution in [0.4, 0.5) is 11.4 Å². The second kappa shape index (κ2) is 5.90. The molecule has 1 rings (SSSR count). The number of quaternary nitrogens is 1. The highest BCUT2D eigenvalue weighted by atomic mass is 127. The highest BCUT2D eigenvalue weighted by molar-refractivity contribution is 5.56. The zero-order valence-electron chi connectivity index (χ0n) is 9.42. The molecule has 16 heavy (non-hydrogen) atoms. The lowest BCUT2D eigenvalue weighted by atomic mass is 10.3. The van der Waals surface area contributed by atoms with Gasteiger partial charge in [0, 0.05) is 12.1 Å². The first kappa shape index (κ1) is 15.0. The van der Waals surface area contributed by atoms with Crippen molar-refractivity contribution in [2.24, 2.45) is 4.99 Å². The molecule has 6 heteroatoms. The summed E-state index contributed by atoms with van der Waals surface area (Å²) < 4.78 is 0.608. The van der Waals surface area contributed by atoms with Crippen molar-refractivity contribution in [3.05, 3.63) is 34.4 Å². The molecule has 0 fully saturated rings. The van der Waals surface area contributed by atoms with Gasteiger partial charge in [-0.25, -0.2) is 4.99 Å². The number of hydrogen-bond acceptors (Lipinski definition) is 3. The number of hydrogen-bond donors (Lipinski definition) is 0. The first-order valence-electron chi connectivity index (χ1n) is 4.49. The van der Waals surface area contributed by atoms with E-state index in [9.17, 15) is 10.1 Å². The molecule has 88 valence electrons. The summed E-state index contributed by atoms with van der Waals surface area (Å²) in [5, 5.41) is 10.4. The number of aliphatic imine (C=N–C) groups is 1. The molecule has 0 heterocycles.